The number of para-hydroxylation sites is 2. The number of hydrogen-bond acceptors (Lipinski definition) is 4. The van der Waals surface area contributed by atoms with Gasteiger partial charge in [0.15, 0.2) is 5.78 Å². The van der Waals surface area contributed by atoms with E-state index in [1.807, 2.05) is 47.1 Å². The van der Waals surface area contributed by atoms with E-state index < -0.39 is 0 Å². The smallest absolute Gasteiger partial charge is 0.168 e. The van der Waals surface area contributed by atoms with Crippen LogP contribution in [0.25, 0.3) is 16.7 Å². The van der Waals surface area contributed by atoms with E-state index in [1.165, 1.54) is 12.1 Å². The summed E-state index contributed by atoms with van der Waals surface area (Å²) in [5, 5.41) is 8.58. The van der Waals surface area contributed by atoms with E-state index in [-0.39, 0.29) is 17.5 Å². The molecule has 29 heavy (non-hydrogen) atoms. The second kappa shape index (κ2) is 7.22. The lowest BCUT2D eigenvalue weighted by molar-refractivity contribution is 0.0595. The predicted molar refractivity (Wildman–Crippen MR) is 108 cm³/mol. The SMILES string of the molecule is O=C(c1ccc(F)cc1)C1CN(Cc2ccccc2-n2nnc3ccccc32)C1. The summed E-state index contributed by atoms with van der Waals surface area (Å²) in [7, 11) is 0. The highest BCUT2D eigenvalue weighted by molar-refractivity contribution is 5.98. The number of aromatic nitrogens is 3. The lowest BCUT2D eigenvalue weighted by Crippen LogP contribution is -2.49. The van der Waals surface area contributed by atoms with Crippen molar-refractivity contribution in [2.24, 2.45) is 5.92 Å². The van der Waals surface area contributed by atoms with Gasteiger partial charge in [-0.05, 0) is 48.0 Å². The fourth-order valence-corrected chi connectivity index (χ4v) is 3.85. The number of ketones is 1. The van der Waals surface area contributed by atoms with E-state index in [4.69, 9.17) is 0 Å². The number of fused-ring (bicyclic) bond motifs is 1. The van der Waals surface area contributed by atoms with Crippen LogP contribution in [-0.4, -0.2) is 38.8 Å². The summed E-state index contributed by atoms with van der Waals surface area (Å²) >= 11 is 0. The van der Waals surface area contributed by atoms with Gasteiger partial charge < -0.3 is 0 Å². The number of nitrogens with zero attached hydrogens (tertiary/aromatic N) is 4. The van der Waals surface area contributed by atoms with Gasteiger partial charge in [-0.15, -0.1) is 5.10 Å². The Labute approximate surface area is 167 Å². The van der Waals surface area contributed by atoms with E-state index in [1.54, 1.807) is 12.1 Å². The Morgan fingerprint density at radius 2 is 1.69 bits per heavy atom. The maximum atomic E-state index is 13.1. The average molecular weight is 386 g/mol. The van der Waals surface area contributed by atoms with Gasteiger partial charge in [0, 0.05) is 31.1 Å². The summed E-state index contributed by atoms with van der Waals surface area (Å²) in [6.07, 6.45) is 0. The number of rotatable bonds is 5. The molecule has 0 atom stereocenters. The summed E-state index contributed by atoms with van der Waals surface area (Å²) in [5.74, 6) is -0.286. The van der Waals surface area contributed by atoms with Crippen LogP contribution < -0.4 is 0 Å². The van der Waals surface area contributed by atoms with Crippen molar-refractivity contribution in [1.82, 2.24) is 19.9 Å². The third-order valence-electron chi connectivity index (χ3n) is 5.42. The molecule has 1 saturated heterocycles. The molecule has 0 N–H and O–H groups in total. The maximum Gasteiger partial charge on any atom is 0.168 e. The van der Waals surface area contributed by atoms with Crippen molar-refractivity contribution in [2.75, 3.05) is 13.1 Å². The molecule has 1 aliphatic heterocycles. The molecule has 144 valence electrons. The number of benzene rings is 3. The molecule has 0 amide bonds. The quantitative estimate of drug-likeness (QED) is 0.489. The number of likely N-dealkylation sites (tertiary alicyclic amines) is 1. The average Bonchev–Trinajstić information content (AvgIpc) is 3.15. The molecule has 0 saturated carbocycles. The molecule has 5 nitrogen and oxygen atoms in total. The van der Waals surface area contributed by atoms with Crippen molar-refractivity contribution >= 4 is 16.8 Å². The first-order valence-electron chi connectivity index (χ1n) is 9.60. The molecular weight excluding hydrogens is 367 g/mol. The number of Topliss-reactive ketones (excluding diaryl/α,β-unsaturated/α-hetero) is 1. The Morgan fingerprint density at radius 1 is 0.966 bits per heavy atom. The number of carbonyl (C=O) groups excluding carboxylic acids is 1. The minimum atomic E-state index is -0.325. The zero-order valence-electron chi connectivity index (χ0n) is 15.7. The second-order valence-corrected chi connectivity index (χ2v) is 7.38. The molecule has 1 aromatic heterocycles. The van der Waals surface area contributed by atoms with E-state index in [2.05, 4.69) is 21.3 Å². The Hall–Kier alpha value is -3.38. The van der Waals surface area contributed by atoms with Crippen LogP contribution in [0.15, 0.2) is 72.8 Å². The van der Waals surface area contributed by atoms with Crippen molar-refractivity contribution in [3.05, 3.63) is 89.7 Å². The van der Waals surface area contributed by atoms with Gasteiger partial charge in [-0.1, -0.05) is 35.5 Å². The summed E-state index contributed by atoms with van der Waals surface area (Å²) in [5.41, 5.74) is 4.53. The van der Waals surface area contributed by atoms with Gasteiger partial charge in [-0.2, -0.15) is 0 Å². The Kier molecular flexibility index (Phi) is 4.41. The van der Waals surface area contributed by atoms with Crippen molar-refractivity contribution in [3.8, 4) is 5.69 Å². The molecule has 4 aromatic rings. The van der Waals surface area contributed by atoms with Crippen molar-refractivity contribution in [2.45, 2.75) is 6.54 Å². The molecular formula is C23H19FN4O. The third-order valence-corrected chi connectivity index (χ3v) is 5.42. The van der Waals surface area contributed by atoms with E-state index in [9.17, 15) is 9.18 Å². The molecule has 5 rings (SSSR count). The fourth-order valence-electron chi connectivity index (χ4n) is 3.85. The largest absolute Gasteiger partial charge is 0.297 e. The number of carbonyl (C=O) groups is 1. The van der Waals surface area contributed by atoms with Gasteiger partial charge in [0.1, 0.15) is 11.3 Å². The van der Waals surface area contributed by atoms with Gasteiger partial charge >= 0.3 is 0 Å². The minimum Gasteiger partial charge on any atom is -0.297 e. The monoisotopic (exact) mass is 386 g/mol. The topological polar surface area (TPSA) is 51.0 Å². The van der Waals surface area contributed by atoms with Crippen LogP contribution in [0, 0.1) is 11.7 Å². The molecule has 6 heteroatoms. The normalized spacial score (nSPS) is 14.8. The van der Waals surface area contributed by atoms with Gasteiger partial charge in [0.25, 0.3) is 0 Å². The Morgan fingerprint density at radius 3 is 2.52 bits per heavy atom. The molecule has 0 spiro atoms. The van der Waals surface area contributed by atoms with Crippen molar-refractivity contribution in [1.29, 1.82) is 0 Å². The molecule has 0 aliphatic carbocycles. The van der Waals surface area contributed by atoms with Crippen LogP contribution in [0.1, 0.15) is 15.9 Å². The van der Waals surface area contributed by atoms with Crippen LogP contribution in [0.3, 0.4) is 0 Å². The molecule has 0 bridgehead atoms. The third kappa shape index (κ3) is 3.32. The van der Waals surface area contributed by atoms with Gasteiger partial charge in [0.2, 0.25) is 0 Å². The van der Waals surface area contributed by atoms with Crippen LogP contribution in [0.2, 0.25) is 0 Å². The molecule has 2 heterocycles. The van der Waals surface area contributed by atoms with E-state index in [0.29, 0.717) is 18.7 Å². The Bertz CT molecular complexity index is 1180. The molecule has 1 fully saturated rings. The molecule has 1 aliphatic rings. The lowest BCUT2D eigenvalue weighted by atomic mass is 9.90. The first kappa shape index (κ1) is 17.7. The summed E-state index contributed by atoms with van der Waals surface area (Å²) in [6.45, 7) is 2.13. The minimum absolute atomic E-state index is 0.0418. The highest BCUT2D eigenvalue weighted by Crippen LogP contribution is 2.26. The van der Waals surface area contributed by atoms with Crippen LogP contribution in [0.5, 0.6) is 0 Å². The van der Waals surface area contributed by atoms with E-state index >= 15 is 0 Å². The maximum absolute atomic E-state index is 13.1. The van der Waals surface area contributed by atoms with Crippen LogP contribution >= 0.6 is 0 Å². The fraction of sp³-hybridized carbons (Fsp3) is 0.174. The Balaban J connectivity index is 1.32. The first-order valence-corrected chi connectivity index (χ1v) is 9.60. The molecule has 0 unspecified atom stereocenters. The second-order valence-electron chi connectivity index (χ2n) is 7.38. The molecule has 3 aromatic carbocycles. The van der Waals surface area contributed by atoms with Crippen molar-refractivity contribution in [3.63, 3.8) is 0 Å². The number of halogens is 1. The highest BCUT2D eigenvalue weighted by atomic mass is 19.1. The zero-order valence-corrected chi connectivity index (χ0v) is 15.7. The summed E-state index contributed by atoms with van der Waals surface area (Å²) in [4.78, 5) is 14.8. The van der Waals surface area contributed by atoms with E-state index in [0.717, 1.165) is 28.8 Å². The van der Waals surface area contributed by atoms with Crippen LogP contribution in [0.4, 0.5) is 4.39 Å². The van der Waals surface area contributed by atoms with Gasteiger partial charge in [0.05, 0.1) is 11.2 Å². The summed E-state index contributed by atoms with van der Waals surface area (Å²) in [6, 6.07) is 21.8. The van der Waals surface area contributed by atoms with Gasteiger partial charge in [-0.3, -0.25) is 9.69 Å². The van der Waals surface area contributed by atoms with Gasteiger partial charge in [-0.25, -0.2) is 9.07 Å². The summed E-state index contributed by atoms with van der Waals surface area (Å²) < 4.78 is 14.9. The van der Waals surface area contributed by atoms with Crippen molar-refractivity contribution < 1.29 is 9.18 Å². The first-order chi connectivity index (χ1) is 14.2. The lowest BCUT2D eigenvalue weighted by Gasteiger charge is -2.38. The highest BCUT2D eigenvalue weighted by Gasteiger charge is 2.33. The van der Waals surface area contributed by atoms with Crippen LogP contribution in [-0.2, 0) is 6.54 Å². The standard InChI is InChI=1S/C23H19FN4O/c24-19-11-9-16(10-12-19)23(29)18-14-27(15-18)13-17-5-1-3-7-21(17)28-22-8-4-2-6-20(22)25-26-28/h1-12,18H,13-15H2. The number of hydrogen-bond donors (Lipinski definition) is 0. The zero-order chi connectivity index (χ0) is 19.8. The molecule has 0 radical (unpaired) electrons. The predicted octanol–water partition coefficient (Wildman–Crippen LogP) is 3.87.